The van der Waals surface area contributed by atoms with E-state index in [0.717, 1.165) is 17.0 Å². The first-order valence-electron chi connectivity index (χ1n) is 10.7. The van der Waals surface area contributed by atoms with Crippen LogP contribution < -0.4 is 4.90 Å². The van der Waals surface area contributed by atoms with Crippen LogP contribution in [0.3, 0.4) is 0 Å². The van der Waals surface area contributed by atoms with Crippen LogP contribution in [0.2, 0.25) is 0 Å². The molecule has 0 saturated carbocycles. The Morgan fingerprint density at radius 2 is 1.91 bits per heavy atom. The number of hydrogen-bond donors (Lipinski definition) is 0. The van der Waals surface area contributed by atoms with Gasteiger partial charge in [0.15, 0.2) is 0 Å². The number of aryl methyl sites for hydroxylation is 1. The monoisotopic (exact) mass is 444 g/mol. The molecule has 0 spiro atoms. The number of amides is 1. The molecule has 0 radical (unpaired) electrons. The van der Waals surface area contributed by atoms with Crippen molar-refractivity contribution in [2.24, 2.45) is 0 Å². The molecule has 1 aliphatic rings. The molecule has 1 amide bonds. The van der Waals surface area contributed by atoms with Crippen LogP contribution in [0.15, 0.2) is 71.3 Å². The Hall–Kier alpha value is -3.45. The van der Waals surface area contributed by atoms with Gasteiger partial charge in [-0.15, -0.1) is 11.3 Å². The maximum atomic E-state index is 13.2. The fraction of sp³-hybridized carbons (Fsp3) is 0.240. The number of carbonyl (C=O) groups excluding carboxylic acids is 1. The van der Waals surface area contributed by atoms with Crippen LogP contribution in [-0.4, -0.2) is 46.6 Å². The van der Waals surface area contributed by atoms with Crippen LogP contribution in [0.5, 0.6) is 0 Å². The molecule has 162 valence electrons. The maximum absolute atomic E-state index is 13.2. The predicted molar refractivity (Wildman–Crippen MR) is 127 cm³/mol. The summed E-state index contributed by atoms with van der Waals surface area (Å²) in [7, 11) is 0. The van der Waals surface area contributed by atoms with Gasteiger partial charge in [0.1, 0.15) is 0 Å². The summed E-state index contributed by atoms with van der Waals surface area (Å²) in [6.07, 6.45) is 0. The Morgan fingerprint density at radius 3 is 2.69 bits per heavy atom. The summed E-state index contributed by atoms with van der Waals surface area (Å²) in [5.74, 6) is 1.04. The number of carbonyl (C=O) groups is 1. The first-order chi connectivity index (χ1) is 15.6. The molecular weight excluding hydrogens is 420 g/mol. The SMILES string of the molecule is Cc1cccc(N2CCN(C(=O)c3ccc(-c4noc(-c5ccccc5)n4)s3)CC2C)c1. The average Bonchev–Trinajstić information content (AvgIpc) is 3.49. The Morgan fingerprint density at radius 1 is 1.06 bits per heavy atom. The minimum absolute atomic E-state index is 0.0590. The largest absolute Gasteiger partial charge is 0.365 e. The van der Waals surface area contributed by atoms with Crippen molar-refractivity contribution in [1.82, 2.24) is 15.0 Å². The van der Waals surface area contributed by atoms with Crippen LogP contribution in [0, 0.1) is 6.92 Å². The van der Waals surface area contributed by atoms with E-state index < -0.39 is 0 Å². The molecule has 1 saturated heterocycles. The smallest absolute Gasteiger partial charge is 0.264 e. The van der Waals surface area contributed by atoms with E-state index >= 15 is 0 Å². The number of anilines is 1. The van der Waals surface area contributed by atoms with E-state index in [9.17, 15) is 4.79 Å². The number of nitrogens with zero attached hydrogens (tertiary/aromatic N) is 4. The van der Waals surface area contributed by atoms with E-state index in [0.29, 0.717) is 29.7 Å². The Bertz CT molecular complexity index is 1230. The summed E-state index contributed by atoms with van der Waals surface area (Å²) in [5.41, 5.74) is 3.34. The fourth-order valence-corrected chi connectivity index (χ4v) is 4.98. The molecule has 32 heavy (non-hydrogen) atoms. The van der Waals surface area contributed by atoms with Gasteiger partial charge in [-0.1, -0.05) is 35.5 Å². The first kappa shape index (κ1) is 20.5. The summed E-state index contributed by atoms with van der Waals surface area (Å²) in [5, 5.41) is 4.10. The standard InChI is InChI=1S/C25H24N4O2S/c1-17-7-6-10-20(15-17)29-14-13-28(16-18(29)2)25(30)22-12-11-21(32-22)23-26-24(31-27-23)19-8-4-3-5-9-19/h3-12,15,18H,13-14,16H2,1-2H3. The number of thiophene rings is 1. The summed E-state index contributed by atoms with van der Waals surface area (Å²) >= 11 is 1.41. The third-order valence-corrected chi connectivity index (χ3v) is 6.80. The third kappa shape index (κ3) is 4.03. The molecule has 0 N–H and O–H groups in total. The van der Waals surface area contributed by atoms with E-state index in [1.807, 2.05) is 47.4 Å². The van der Waals surface area contributed by atoms with Gasteiger partial charge in [0, 0.05) is 36.9 Å². The van der Waals surface area contributed by atoms with Crippen molar-refractivity contribution in [2.45, 2.75) is 19.9 Å². The highest BCUT2D eigenvalue weighted by atomic mass is 32.1. The zero-order valence-corrected chi connectivity index (χ0v) is 18.9. The molecule has 1 unspecified atom stereocenters. The zero-order valence-electron chi connectivity index (χ0n) is 18.1. The van der Waals surface area contributed by atoms with Crippen molar-refractivity contribution in [3.05, 3.63) is 77.2 Å². The van der Waals surface area contributed by atoms with Crippen LogP contribution in [0.4, 0.5) is 5.69 Å². The van der Waals surface area contributed by atoms with Gasteiger partial charge in [0.25, 0.3) is 11.8 Å². The van der Waals surface area contributed by atoms with E-state index in [2.05, 4.69) is 53.2 Å². The summed E-state index contributed by atoms with van der Waals surface area (Å²) in [4.78, 5) is 23.5. The maximum Gasteiger partial charge on any atom is 0.264 e. The minimum atomic E-state index is 0.0590. The molecule has 2 aromatic carbocycles. The molecule has 5 rings (SSSR count). The van der Waals surface area contributed by atoms with E-state index in [-0.39, 0.29) is 11.9 Å². The van der Waals surface area contributed by atoms with Crippen molar-refractivity contribution in [2.75, 3.05) is 24.5 Å². The van der Waals surface area contributed by atoms with Crippen LogP contribution in [-0.2, 0) is 0 Å². The van der Waals surface area contributed by atoms with Crippen LogP contribution >= 0.6 is 11.3 Å². The van der Waals surface area contributed by atoms with Crippen LogP contribution in [0.25, 0.3) is 22.2 Å². The first-order valence-corrected chi connectivity index (χ1v) is 11.5. The molecule has 1 atom stereocenters. The van der Waals surface area contributed by atoms with Crippen molar-refractivity contribution < 1.29 is 9.32 Å². The molecule has 6 nitrogen and oxygen atoms in total. The summed E-state index contributed by atoms with van der Waals surface area (Å²) < 4.78 is 5.41. The van der Waals surface area contributed by atoms with Crippen molar-refractivity contribution in [3.8, 4) is 22.2 Å². The van der Waals surface area contributed by atoms with Gasteiger partial charge in [0.2, 0.25) is 5.82 Å². The Kier molecular flexibility index (Phi) is 5.49. The molecule has 0 aliphatic carbocycles. The number of benzene rings is 2. The number of hydrogen-bond acceptors (Lipinski definition) is 6. The van der Waals surface area contributed by atoms with E-state index in [1.54, 1.807) is 0 Å². The minimum Gasteiger partial charge on any atom is -0.365 e. The fourth-order valence-electron chi connectivity index (χ4n) is 4.08. The van der Waals surface area contributed by atoms with Gasteiger partial charge in [0.05, 0.1) is 9.75 Å². The summed E-state index contributed by atoms with van der Waals surface area (Å²) in [6, 6.07) is 22.2. The van der Waals surface area contributed by atoms with Gasteiger partial charge in [-0.2, -0.15) is 4.98 Å². The molecular formula is C25H24N4O2S. The van der Waals surface area contributed by atoms with Gasteiger partial charge >= 0.3 is 0 Å². The van der Waals surface area contributed by atoms with Gasteiger partial charge < -0.3 is 14.3 Å². The normalized spacial score (nSPS) is 16.4. The molecule has 1 fully saturated rings. The van der Waals surface area contributed by atoms with Crippen molar-refractivity contribution in [1.29, 1.82) is 0 Å². The highest BCUT2D eigenvalue weighted by Gasteiger charge is 2.28. The number of aromatic nitrogens is 2. The number of piperazine rings is 1. The lowest BCUT2D eigenvalue weighted by atomic mass is 10.1. The second-order valence-corrected chi connectivity index (χ2v) is 9.17. The topological polar surface area (TPSA) is 62.5 Å². The molecule has 7 heteroatoms. The Labute approximate surface area is 191 Å². The summed E-state index contributed by atoms with van der Waals surface area (Å²) in [6.45, 7) is 6.49. The van der Waals surface area contributed by atoms with Gasteiger partial charge in [-0.05, 0) is 55.8 Å². The lowest BCUT2D eigenvalue weighted by Gasteiger charge is -2.41. The average molecular weight is 445 g/mol. The van der Waals surface area contributed by atoms with E-state index in [1.165, 1.54) is 22.6 Å². The van der Waals surface area contributed by atoms with Crippen molar-refractivity contribution >= 4 is 22.9 Å². The molecule has 4 aromatic rings. The number of rotatable bonds is 4. The van der Waals surface area contributed by atoms with E-state index in [4.69, 9.17) is 4.52 Å². The third-order valence-electron chi connectivity index (χ3n) is 5.73. The molecule has 1 aliphatic heterocycles. The molecule has 3 heterocycles. The van der Waals surface area contributed by atoms with Gasteiger partial charge in [-0.3, -0.25) is 4.79 Å². The highest BCUT2D eigenvalue weighted by Crippen LogP contribution is 2.30. The quantitative estimate of drug-likeness (QED) is 0.437. The lowest BCUT2D eigenvalue weighted by Crippen LogP contribution is -2.53. The molecule has 2 aromatic heterocycles. The lowest BCUT2D eigenvalue weighted by molar-refractivity contribution is 0.0731. The van der Waals surface area contributed by atoms with Gasteiger partial charge in [-0.25, -0.2) is 0 Å². The highest BCUT2D eigenvalue weighted by molar-refractivity contribution is 7.17. The zero-order chi connectivity index (χ0) is 22.1. The second-order valence-electron chi connectivity index (χ2n) is 8.09. The Balaban J connectivity index is 1.28. The van der Waals surface area contributed by atoms with Crippen LogP contribution in [0.1, 0.15) is 22.2 Å². The second kappa shape index (κ2) is 8.59. The predicted octanol–water partition coefficient (Wildman–Crippen LogP) is 5.12. The molecule has 0 bridgehead atoms. The van der Waals surface area contributed by atoms with Crippen molar-refractivity contribution in [3.63, 3.8) is 0 Å².